The third kappa shape index (κ3) is 2.94. The Hall–Kier alpha value is -0.330. The van der Waals surface area contributed by atoms with Crippen molar-refractivity contribution in [1.29, 1.82) is 0 Å². The van der Waals surface area contributed by atoms with Crippen molar-refractivity contribution in [3.8, 4) is 0 Å². The van der Waals surface area contributed by atoms with Crippen LogP contribution in [-0.2, 0) is 0 Å². The van der Waals surface area contributed by atoms with Crippen molar-refractivity contribution in [2.45, 2.75) is 100 Å². The molecule has 2 atom stereocenters. The Balaban J connectivity index is 1.66. The zero-order chi connectivity index (χ0) is 15.4. The van der Waals surface area contributed by atoms with E-state index in [1.165, 1.54) is 71.6 Å². The molecule has 21 heavy (non-hydrogen) atoms. The van der Waals surface area contributed by atoms with Gasteiger partial charge in [0.25, 0.3) is 0 Å². The van der Waals surface area contributed by atoms with Crippen molar-refractivity contribution in [3.05, 3.63) is 12.3 Å². The Kier molecular flexibility index (Phi) is 3.58. The summed E-state index contributed by atoms with van der Waals surface area (Å²) in [5, 5.41) is 5.45. The number of rotatable bonds is 4. The second-order valence-electron chi connectivity index (χ2n) is 10.0. The average Bonchev–Trinajstić information content (AvgIpc) is 2.72. The van der Waals surface area contributed by atoms with Gasteiger partial charge in [0.15, 0.2) is 0 Å². The van der Waals surface area contributed by atoms with E-state index in [0.29, 0.717) is 15.8 Å². The molecule has 4 rings (SSSR count). The molecule has 2 saturated carbocycles. The molecule has 0 aromatic heterocycles. The zero-order valence-corrected chi connectivity index (χ0v) is 14.8. The largest absolute Gasteiger partial charge is 0.384 e. The molecular formula is C18H33B2N. The molecular weight excluding hydrogens is 252 g/mol. The molecule has 0 aromatic rings. The summed E-state index contributed by atoms with van der Waals surface area (Å²) in [7, 11) is 2.90. The molecule has 116 valence electrons. The molecule has 3 heteroatoms. The number of fused-ring (bicyclic) bond motifs is 2. The predicted octanol–water partition coefficient (Wildman–Crippen LogP) is 4.38. The predicted molar refractivity (Wildman–Crippen MR) is 97.0 cm³/mol. The Morgan fingerprint density at radius 3 is 2.29 bits per heavy atom. The van der Waals surface area contributed by atoms with Crippen molar-refractivity contribution in [2.24, 2.45) is 0 Å². The van der Waals surface area contributed by atoms with Gasteiger partial charge in [0.2, 0.25) is 0 Å². The van der Waals surface area contributed by atoms with Crippen LogP contribution in [0.25, 0.3) is 0 Å². The van der Waals surface area contributed by atoms with E-state index in [-0.39, 0.29) is 5.54 Å². The first-order chi connectivity index (χ1) is 9.66. The summed E-state index contributed by atoms with van der Waals surface area (Å²) >= 11 is 0. The molecule has 2 saturated heterocycles. The second-order valence-corrected chi connectivity index (χ2v) is 10.0. The normalized spacial score (nSPS) is 37.3. The van der Waals surface area contributed by atoms with Crippen LogP contribution < -0.4 is 5.32 Å². The fourth-order valence-corrected chi connectivity index (χ4v) is 6.01. The molecule has 0 spiro atoms. The van der Waals surface area contributed by atoms with Crippen LogP contribution in [0.15, 0.2) is 12.3 Å². The lowest BCUT2D eigenvalue weighted by Crippen LogP contribution is -2.57. The van der Waals surface area contributed by atoms with Crippen LogP contribution >= 0.6 is 0 Å². The Labute approximate surface area is 133 Å². The van der Waals surface area contributed by atoms with Gasteiger partial charge in [-0.15, -0.1) is 0 Å². The molecule has 4 aliphatic rings. The molecule has 1 nitrogen and oxygen atoms in total. The first-order valence-corrected chi connectivity index (χ1v) is 9.14. The minimum atomic E-state index is 0.152. The summed E-state index contributed by atoms with van der Waals surface area (Å²) in [6, 6.07) is 0. The Bertz CT molecular complexity index is 423. The van der Waals surface area contributed by atoms with Gasteiger partial charge in [0.1, 0.15) is 14.6 Å². The minimum Gasteiger partial charge on any atom is -0.384 e. The molecule has 2 bridgehead atoms. The molecule has 2 aliphatic heterocycles. The molecule has 2 unspecified atom stereocenters. The van der Waals surface area contributed by atoms with E-state index in [1.807, 2.05) is 0 Å². The number of nitrogens with one attached hydrogen (secondary N) is 1. The van der Waals surface area contributed by atoms with Gasteiger partial charge in [-0.25, -0.2) is 0 Å². The fraction of sp³-hybridized carbons (Fsp3) is 0.889. The molecule has 0 radical (unpaired) electrons. The summed E-state index contributed by atoms with van der Waals surface area (Å²) in [6.07, 6.45) is 11.6. The fourth-order valence-electron chi connectivity index (χ4n) is 6.01. The monoisotopic (exact) mass is 285 g/mol. The summed E-state index contributed by atoms with van der Waals surface area (Å²) < 4.78 is 0. The highest BCUT2D eigenvalue weighted by molar-refractivity contribution is 6.69. The van der Waals surface area contributed by atoms with E-state index in [2.05, 4.69) is 39.6 Å². The van der Waals surface area contributed by atoms with Crippen LogP contribution in [0.3, 0.4) is 0 Å². The second kappa shape index (κ2) is 4.83. The van der Waals surface area contributed by atoms with Crippen LogP contribution in [0.2, 0.25) is 15.8 Å². The van der Waals surface area contributed by atoms with Crippen molar-refractivity contribution >= 4 is 14.6 Å². The van der Waals surface area contributed by atoms with Crippen LogP contribution in [0.5, 0.6) is 0 Å². The maximum atomic E-state index is 4.44. The summed E-state index contributed by atoms with van der Waals surface area (Å²) in [6.45, 7) is 13.8. The summed E-state index contributed by atoms with van der Waals surface area (Å²) in [4.78, 5) is 0. The molecule has 0 aromatic carbocycles. The summed E-state index contributed by atoms with van der Waals surface area (Å²) in [5.41, 5.74) is 1.49. The highest BCUT2D eigenvalue weighted by Crippen LogP contribution is 2.71. The smallest absolute Gasteiger partial charge is 0.134 e. The average molecular weight is 285 g/mol. The lowest BCUT2D eigenvalue weighted by molar-refractivity contribution is 0.290. The molecule has 2 aliphatic carbocycles. The van der Waals surface area contributed by atoms with E-state index < -0.39 is 0 Å². The van der Waals surface area contributed by atoms with Crippen LogP contribution in [-0.4, -0.2) is 20.1 Å². The number of allylic oxidation sites excluding steroid dienone is 1. The maximum Gasteiger partial charge on any atom is 0.134 e. The lowest BCUT2D eigenvalue weighted by Gasteiger charge is -2.63. The standard InChI is InChI=1S/C18H33B2N/c1-14(21-15(2,3)4)17-11-8-12-18(13-17,20-17)19-16(5)9-6-7-10-16/h19-21H,1,6-13H2,2-5H3. The third-order valence-electron chi connectivity index (χ3n) is 6.57. The minimum absolute atomic E-state index is 0.152. The van der Waals surface area contributed by atoms with Gasteiger partial charge in [-0.2, -0.15) is 0 Å². The van der Waals surface area contributed by atoms with Gasteiger partial charge in [-0.05, 0) is 32.5 Å². The third-order valence-corrected chi connectivity index (χ3v) is 6.57. The van der Waals surface area contributed by atoms with E-state index >= 15 is 0 Å². The van der Waals surface area contributed by atoms with Crippen molar-refractivity contribution < 1.29 is 0 Å². The molecule has 0 amide bonds. The quantitative estimate of drug-likeness (QED) is 0.756. The van der Waals surface area contributed by atoms with Gasteiger partial charge in [0, 0.05) is 11.2 Å². The number of hydrogen-bond donors (Lipinski definition) is 1. The number of hydrogen-bond acceptors (Lipinski definition) is 1. The maximum absolute atomic E-state index is 4.44. The summed E-state index contributed by atoms with van der Waals surface area (Å²) in [5.74, 6) is 0. The van der Waals surface area contributed by atoms with E-state index in [1.54, 1.807) is 0 Å². The Morgan fingerprint density at radius 2 is 1.71 bits per heavy atom. The van der Waals surface area contributed by atoms with E-state index in [0.717, 1.165) is 0 Å². The van der Waals surface area contributed by atoms with Gasteiger partial charge in [-0.1, -0.05) is 69.0 Å². The van der Waals surface area contributed by atoms with Gasteiger partial charge in [0.05, 0.1) is 0 Å². The van der Waals surface area contributed by atoms with E-state index in [4.69, 9.17) is 0 Å². The SMILES string of the molecule is C=C(NC(C)(C)C)C12BC(BC3(C)CCCC3)(CCC1)C2. The molecule has 4 fully saturated rings. The van der Waals surface area contributed by atoms with Crippen molar-refractivity contribution in [3.63, 3.8) is 0 Å². The molecule has 1 N–H and O–H groups in total. The van der Waals surface area contributed by atoms with Crippen LogP contribution in [0, 0.1) is 0 Å². The van der Waals surface area contributed by atoms with Crippen LogP contribution in [0.1, 0.15) is 79.1 Å². The van der Waals surface area contributed by atoms with Crippen molar-refractivity contribution in [2.75, 3.05) is 0 Å². The first kappa shape index (κ1) is 15.6. The molecule has 2 heterocycles. The zero-order valence-electron chi connectivity index (χ0n) is 14.8. The lowest BCUT2D eigenvalue weighted by atomic mass is 9.08. The van der Waals surface area contributed by atoms with Gasteiger partial charge in [-0.3, -0.25) is 0 Å². The Morgan fingerprint density at radius 1 is 1.10 bits per heavy atom. The van der Waals surface area contributed by atoms with E-state index in [9.17, 15) is 0 Å². The highest BCUT2D eigenvalue weighted by atomic mass is 15.0. The van der Waals surface area contributed by atoms with Crippen LogP contribution in [0.4, 0.5) is 0 Å². The van der Waals surface area contributed by atoms with Gasteiger partial charge >= 0.3 is 0 Å². The van der Waals surface area contributed by atoms with Crippen molar-refractivity contribution in [1.82, 2.24) is 5.32 Å². The first-order valence-electron chi connectivity index (χ1n) is 9.14. The topological polar surface area (TPSA) is 12.0 Å². The van der Waals surface area contributed by atoms with Gasteiger partial charge < -0.3 is 5.32 Å². The highest BCUT2D eigenvalue weighted by Gasteiger charge is 2.61.